The van der Waals surface area contributed by atoms with Crippen molar-refractivity contribution in [3.8, 4) is 5.75 Å². The van der Waals surface area contributed by atoms with Gasteiger partial charge in [-0.2, -0.15) is 0 Å². The lowest BCUT2D eigenvalue weighted by atomic mass is 10.2. The van der Waals surface area contributed by atoms with E-state index in [9.17, 15) is 0 Å². The molecule has 2 aromatic rings. The van der Waals surface area contributed by atoms with Gasteiger partial charge < -0.3 is 20.4 Å². The molecule has 0 aliphatic carbocycles. The summed E-state index contributed by atoms with van der Waals surface area (Å²) in [4.78, 5) is 5.24. The standard InChI is InChI=1S/C12H17N3O/c1-15(2)7-8-16-11-4-3-10(13)9-5-6-14-12(9)11/h3-6,14H,7-8,13H2,1-2H3. The second-order valence-electron chi connectivity index (χ2n) is 4.07. The Bertz CT molecular complexity index is 476. The van der Waals surface area contributed by atoms with E-state index >= 15 is 0 Å². The summed E-state index contributed by atoms with van der Waals surface area (Å²) in [6.45, 7) is 1.57. The summed E-state index contributed by atoms with van der Waals surface area (Å²) in [5.74, 6) is 0.857. The number of H-pyrrole nitrogens is 1. The summed E-state index contributed by atoms with van der Waals surface area (Å²) in [5, 5.41) is 1.02. The van der Waals surface area contributed by atoms with Crippen LogP contribution in [0.1, 0.15) is 0 Å². The van der Waals surface area contributed by atoms with E-state index in [1.54, 1.807) is 0 Å². The minimum atomic E-state index is 0.672. The van der Waals surface area contributed by atoms with Crippen LogP contribution in [-0.2, 0) is 0 Å². The van der Waals surface area contributed by atoms with Crippen LogP contribution in [0, 0.1) is 0 Å². The van der Waals surface area contributed by atoms with Crippen molar-refractivity contribution in [2.24, 2.45) is 0 Å². The molecule has 16 heavy (non-hydrogen) atoms. The topological polar surface area (TPSA) is 54.3 Å². The Morgan fingerprint density at radius 2 is 2.12 bits per heavy atom. The first-order valence-corrected chi connectivity index (χ1v) is 5.31. The van der Waals surface area contributed by atoms with Crippen molar-refractivity contribution in [3.05, 3.63) is 24.4 Å². The molecule has 0 radical (unpaired) electrons. The second-order valence-corrected chi connectivity index (χ2v) is 4.07. The molecule has 2 rings (SSSR count). The van der Waals surface area contributed by atoms with Crippen molar-refractivity contribution < 1.29 is 4.74 Å². The van der Waals surface area contributed by atoms with Gasteiger partial charge in [-0.1, -0.05) is 0 Å². The fourth-order valence-corrected chi connectivity index (χ4v) is 1.61. The third-order valence-corrected chi connectivity index (χ3v) is 2.51. The van der Waals surface area contributed by atoms with Crippen molar-refractivity contribution in [1.29, 1.82) is 0 Å². The summed E-state index contributed by atoms with van der Waals surface area (Å²) < 4.78 is 5.71. The van der Waals surface area contributed by atoms with E-state index in [2.05, 4.69) is 9.88 Å². The highest BCUT2D eigenvalue weighted by atomic mass is 16.5. The molecule has 1 aromatic carbocycles. The van der Waals surface area contributed by atoms with E-state index < -0.39 is 0 Å². The van der Waals surface area contributed by atoms with Crippen LogP contribution in [0.25, 0.3) is 10.9 Å². The summed E-state index contributed by atoms with van der Waals surface area (Å²) in [5.41, 5.74) is 7.61. The molecule has 0 saturated heterocycles. The first-order chi connectivity index (χ1) is 7.68. The van der Waals surface area contributed by atoms with Gasteiger partial charge in [-0.3, -0.25) is 0 Å². The smallest absolute Gasteiger partial charge is 0.143 e. The van der Waals surface area contributed by atoms with Gasteiger partial charge in [-0.15, -0.1) is 0 Å². The largest absolute Gasteiger partial charge is 0.490 e. The number of hydrogen-bond donors (Lipinski definition) is 2. The molecular formula is C12H17N3O. The van der Waals surface area contributed by atoms with Crippen LogP contribution in [-0.4, -0.2) is 37.1 Å². The molecule has 0 atom stereocenters. The van der Waals surface area contributed by atoms with E-state index in [1.165, 1.54) is 0 Å². The van der Waals surface area contributed by atoms with Crippen LogP contribution < -0.4 is 10.5 Å². The molecule has 0 bridgehead atoms. The van der Waals surface area contributed by atoms with Crippen molar-refractivity contribution in [2.45, 2.75) is 0 Å². The number of ether oxygens (including phenoxy) is 1. The Balaban J connectivity index is 2.18. The molecule has 1 aromatic heterocycles. The lowest BCUT2D eigenvalue weighted by Crippen LogP contribution is -2.19. The van der Waals surface area contributed by atoms with Crippen LogP contribution in [0.2, 0.25) is 0 Å². The van der Waals surface area contributed by atoms with Gasteiger partial charge in [-0.25, -0.2) is 0 Å². The number of hydrogen-bond acceptors (Lipinski definition) is 3. The zero-order chi connectivity index (χ0) is 11.5. The summed E-state index contributed by atoms with van der Waals surface area (Å²) in [6, 6.07) is 5.74. The Labute approximate surface area is 95.0 Å². The van der Waals surface area contributed by atoms with Gasteiger partial charge in [0.15, 0.2) is 0 Å². The van der Waals surface area contributed by atoms with Crippen LogP contribution in [0.15, 0.2) is 24.4 Å². The Kier molecular flexibility index (Phi) is 3.01. The molecular weight excluding hydrogens is 202 g/mol. The monoisotopic (exact) mass is 219 g/mol. The number of fused-ring (bicyclic) bond motifs is 1. The molecule has 3 N–H and O–H groups in total. The molecule has 0 fully saturated rings. The number of nitrogens with one attached hydrogen (secondary N) is 1. The van der Waals surface area contributed by atoms with Gasteiger partial charge >= 0.3 is 0 Å². The molecule has 1 heterocycles. The minimum Gasteiger partial charge on any atom is -0.490 e. The van der Waals surface area contributed by atoms with Gasteiger partial charge in [0, 0.05) is 23.8 Å². The lowest BCUT2D eigenvalue weighted by molar-refractivity contribution is 0.263. The maximum atomic E-state index is 5.86. The SMILES string of the molecule is CN(C)CCOc1ccc(N)c2cc[nH]c12. The van der Waals surface area contributed by atoms with Crippen LogP contribution in [0.4, 0.5) is 5.69 Å². The summed E-state index contributed by atoms with van der Waals surface area (Å²) in [6.07, 6.45) is 1.87. The molecule has 4 heteroatoms. The van der Waals surface area contributed by atoms with Gasteiger partial charge in [0.2, 0.25) is 0 Å². The number of rotatable bonds is 4. The maximum Gasteiger partial charge on any atom is 0.143 e. The molecule has 0 saturated carbocycles. The second kappa shape index (κ2) is 4.45. The maximum absolute atomic E-state index is 5.86. The number of aromatic nitrogens is 1. The van der Waals surface area contributed by atoms with Gasteiger partial charge in [-0.05, 0) is 32.3 Å². The first kappa shape index (κ1) is 10.8. The molecule has 0 amide bonds. The predicted molar refractivity (Wildman–Crippen MR) is 66.8 cm³/mol. The zero-order valence-electron chi connectivity index (χ0n) is 9.66. The average molecular weight is 219 g/mol. The first-order valence-electron chi connectivity index (χ1n) is 5.31. The lowest BCUT2D eigenvalue weighted by Gasteiger charge is -2.12. The average Bonchev–Trinajstić information content (AvgIpc) is 2.70. The van der Waals surface area contributed by atoms with Gasteiger partial charge in [0.05, 0.1) is 5.52 Å². The normalized spacial score (nSPS) is 11.2. The zero-order valence-corrected chi connectivity index (χ0v) is 9.66. The number of likely N-dealkylation sites (N-methyl/N-ethyl adjacent to an activating group) is 1. The number of nitrogens with zero attached hydrogens (tertiary/aromatic N) is 1. The van der Waals surface area contributed by atoms with E-state index in [1.807, 2.05) is 38.5 Å². The van der Waals surface area contributed by atoms with Gasteiger partial charge in [0.1, 0.15) is 12.4 Å². The Morgan fingerprint density at radius 3 is 2.88 bits per heavy atom. The minimum absolute atomic E-state index is 0.672. The third-order valence-electron chi connectivity index (χ3n) is 2.51. The van der Waals surface area contributed by atoms with E-state index in [0.717, 1.165) is 28.9 Å². The fraction of sp³-hybridized carbons (Fsp3) is 0.333. The Morgan fingerprint density at radius 1 is 1.31 bits per heavy atom. The number of anilines is 1. The van der Waals surface area contributed by atoms with Gasteiger partial charge in [0.25, 0.3) is 0 Å². The Hall–Kier alpha value is -1.68. The van der Waals surface area contributed by atoms with E-state index in [0.29, 0.717) is 6.61 Å². The quantitative estimate of drug-likeness (QED) is 0.769. The highest BCUT2D eigenvalue weighted by molar-refractivity contribution is 5.94. The molecule has 0 spiro atoms. The van der Waals surface area contributed by atoms with Crippen LogP contribution in [0.5, 0.6) is 5.75 Å². The molecule has 0 unspecified atom stereocenters. The van der Waals surface area contributed by atoms with Crippen molar-refractivity contribution in [3.63, 3.8) is 0 Å². The highest BCUT2D eigenvalue weighted by Crippen LogP contribution is 2.28. The molecule has 4 nitrogen and oxygen atoms in total. The number of aromatic amines is 1. The molecule has 86 valence electrons. The number of benzene rings is 1. The van der Waals surface area contributed by atoms with Crippen LogP contribution in [0.3, 0.4) is 0 Å². The third kappa shape index (κ3) is 2.12. The fourth-order valence-electron chi connectivity index (χ4n) is 1.61. The van der Waals surface area contributed by atoms with E-state index in [4.69, 9.17) is 10.5 Å². The predicted octanol–water partition coefficient (Wildman–Crippen LogP) is 1.69. The van der Waals surface area contributed by atoms with Crippen molar-refractivity contribution in [1.82, 2.24) is 9.88 Å². The molecule has 0 aliphatic heterocycles. The number of nitrogen functional groups attached to an aromatic ring is 1. The summed E-state index contributed by atoms with van der Waals surface area (Å²) >= 11 is 0. The van der Waals surface area contributed by atoms with Crippen molar-refractivity contribution in [2.75, 3.05) is 33.0 Å². The summed E-state index contributed by atoms with van der Waals surface area (Å²) in [7, 11) is 4.05. The highest BCUT2D eigenvalue weighted by Gasteiger charge is 2.05. The molecule has 0 aliphatic rings. The number of nitrogens with two attached hydrogens (primary N) is 1. The van der Waals surface area contributed by atoms with Crippen LogP contribution >= 0.6 is 0 Å². The van der Waals surface area contributed by atoms with Crippen molar-refractivity contribution >= 4 is 16.6 Å². The van der Waals surface area contributed by atoms with E-state index in [-0.39, 0.29) is 0 Å².